The van der Waals surface area contributed by atoms with Crippen LogP contribution in [-0.2, 0) is 17.9 Å². The Morgan fingerprint density at radius 1 is 1.29 bits per heavy atom. The summed E-state index contributed by atoms with van der Waals surface area (Å²) in [6, 6.07) is 8.17. The van der Waals surface area contributed by atoms with Crippen LogP contribution >= 0.6 is 22.9 Å². The topological polar surface area (TPSA) is 34.6 Å². The first kappa shape index (κ1) is 14.8. The van der Waals surface area contributed by atoms with Gasteiger partial charge in [-0.25, -0.2) is 4.98 Å². The Bertz CT molecular complexity index is 585. The molecule has 1 saturated heterocycles. The summed E-state index contributed by atoms with van der Waals surface area (Å²) in [4.78, 5) is 7.44. The van der Waals surface area contributed by atoms with Crippen LogP contribution in [-0.4, -0.2) is 36.2 Å². The highest BCUT2D eigenvalue weighted by atomic mass is 35.5. The summed E-state index contributed by atoms with van der Waals surface area (Å²) < 4.78 is 11.9. The highest BCUT2D eigenvalue weighted by Crippen LogP contribution is 2.24. The summed E-state index contributed by atoms with van der Waals surface area (Å²) in [6.45, 7) is 4.95. The first-order valence-corrected chi connectivity index (χ1v) is 8.12. The van der Waals surface area contributed by atoms with Crippen LogP contribution in [0.3, 0.4) is 0 Å². The number of hydrogen-bond donors (Lipinski definition) is 0. The van der Waals surface area contributed by atoms with Crippen molar-refractivity contribution < 1.29 is 9.47 Å². The number of aromatic nitrogens is 1. The maximum absolute atomic E-state index is 5.93. The highest BCUT2D eigenvalue weighted by Gasteiger charge is 2.13. The second-order valence-electron chi connectivity index (χ2n) is 4.86. The molecule has 0 spiro atoms. The normalized spacial score (nSPS) is 16.0. The summed E-state index contributed by atoms with van der Waals surface area (Å²) in [6.07, 6.45) is 1.76. The summed E-state index contributed by atoms with van der Waals surface area (Å²) in [5.74, 6) is 0.925. The van der Waals surface area contributed by atoms with E-state index in [1.54, 1.807) is 6.20 Å². The van der Waals surface area contributed by atoms with Gasteiger partial charge in [-0.2, -0.15) is 0 Å². The Balaban J connectivity index is 1.64. The van der Waals surface area contributed by atoms with Gasteiger partial charge in [0, 0.05) is 31.4 Å². The minimum atomic E-state index is 0.504. The maximum Gasteiger partial charge on any atom is 0.183 e. The first-order valence-electron chi connectivity index (χ1n) is 6.92. The van der Waals surface area contributed by atoms with Crippen molar-refractivity contribution in [1.82, 2.24) is 9.88 Å². The Labute approximate surface area is 133 Å². The third-order valence-electron chi connectivity index (χ3n) is 3.37. The molecule has 0 radical (unpaired) electrons. The lowest BCUT2D eigenvalue weighted by Gasteiger charge is -2.27. The van der Waals surface area contributed by atoms with E-state index in [4.69, 9.17) is 21.1 Å². The van der Waals surface area contributed by atoms with Gasteiger partial charge in [0.25, 0.3) is 0 Å². The molecule has 2 aromatic rings. The maximum atomic E-state index is 5.93. The van der Waals surface area contributed by atoms with E-state index >= 15 is 0 Å². The van der Waals surface area contributed by atoms with Crippen molar-refractivity contribution in [2.75, 3.05) is 26.3 Å². The monoisotopic (exact) mass is 324 g/mol. The number of halogens is 1. The molecule has 21 heavy (non-hydrogen) atoms. The number of thiazole rings is 1. The average molecular weight is 325 g/mol. The molecule has 1 aliphatic rings. The number of rotatable bonds is 5. The zero-order chi connectivity index (χ0) is 14.5. The zero-order valence-electron chi connectivity index (χ0n) is 11.6. The van der Waals surface area contributed by atoms with Crippen LogP contribution < -0.4 is 4.74 Å². The van der Waals surface area contributed by atoms with E-state index in [0.717, 1.165) is 43.5 Å². The van der Waals surface area contributed by atoms with Crippen LogP contribution in [0, 0.1) is 0 Å². The molecule has 0 saturated carbocycles. The number of hydrogen-bond acceptors (Lipinski definition) is 5. The van der Waals surface area contributed by atoms with E-state index in [-0.39, 0.29) is 0 Å². The molecular formula is C15H17ClN2O2S. The molecule has 1 fully saturated rings. The second kappa shape index (κ2) is 7.22. The minimum Gasteiger partial charge on any atom is -0.488 e. The van der Waals surface area contributed by atoms with Gasteiger partial charge in [-0.3, -0.25) is 4.90 Å². The molecule has 0 bridgehead atoms. The fourth-order valence-electron chi connectivity index (χ4n) is 2.27. The van der Waals surface area contributed by atoms with Gasteiger partial charge < -0.3 is 9.47 Å². The van der Waals surface area contributed by atoms with E-state index in [1.165, 1.54) is 16.9 Å². The van der Waals surface area contributed by atoms with Crippen LogP contribution in [0.2, 0.25) is 4.47 Å². The number of para-hydroxylation sites is 1. The van der Waals surface area contributed by atoms with Crippen LogP contribution in [0.15, 0.2) is 30.5 Å². The molecule has 0 aliphatic carbocycles. The van der Waals surface area contributed by atoms with E-state index < -0.39 is 0 Å². The Morgan fingerprint density at radius 2 is 2.10 bits per heavy atom. The number of nitrogens with zero attached hydrogens (tertiary/aromatic N) is 2. The van der Waals surface area contributed by atoms with E-state index in [2.05, 4.69) is 16.0 Å². The zero-order valence-corrected chi connectivity index (χ0v) is 13.2. The van der Waals surface area contributed by atoms with Gasteiger partial charge in [-0.05, 0) is 6.07 Å². The fourth-order valence-corrected chi connectivity index (χ4v) is 3.17. The SMILES string of the molecule is Clc1ncc(COc2ccccc2CN2CCOCC2)s1. The quantitative estimate of drug-likeness (QED) is 0.846. The summed E-state index contributed by atoms with van der Waals surface area (Å²) in [5.41, 5.74) is 1.20. The average Bonchev–Trinajstić information content (AvgIpc) is 2.93. The molecule has 1 aliphatic heterocycles. The van der Waals surface area contributed by atoms with Crippen molar-refractivity contribution in [2.45, 2.75) is 13.2 Å². The third-order valence-corrected chi connectivity index (χ3v) is 4.45. The molecule has 112 valence electrons. The fraction of sp³-hybridized carbons (Fsp3) is 0.400. The lowest BCUT2D eigenvalue weighted by atomic mass is 10.2. The smallest absolute Gasteiger partial charge is 0.183 e. The largest absolute Gasteiger partial charge is 0.488 e. The molecule has 4 nitrogen and oxygen atoms in total. The number of morpholine rings is 1. The standard InChI is InChI=1S/C15H17ClN2O2S/c16-15-17-9-13(21-15)11-20-14-4-2-1-3-12(14)10-18-5-7-19-8-6-18/h1-4,9H,5-8,10-11H2. The molecule has 1 aromatic carbocycles. The van der Waals surface area contributed by atoms with Gasteiger partial charge in [-0.1, -0.05) is 29.8 Å². The van der Waals surface area contributed by atoms with Gasteiger partial charge in [0.2, 0.25) is 0 Å². The Morgan fingerprint density at radius 3 is 2.86 bits per heavy atom. The molecule has 3 rings (SSSR count). The Kier molecular flexibility index (Phi) is 5.08. The van der Waals surface area contributed by atoms with Crippen molar-refractivity contribution in [3.05, 3.63) is 45.4 Å². The highest BCUT2D eigenvalue weighted by molar-refractivity contribution is 7.15. The molecule has 0 amide bonds. The van der Waals surface area contributed by atoms with Crippen LogP contribution in [0.4, 0.5) is 0 Å². The van der Waals surface area contributed by atoms with Crippen molar-refractivity contribution in [2.24, 2.45) is 0 Å². The van der Waals surface area contributed by atoms with Gasteiger partial charge in [0.1, 0.15) is 12.4 Å². The van der Waals surface area contributed by atoms with E-state index in [1.807, 2.05) is 18.2 Å². The van der Waals surface area contributed by atoms with E-state index in [9.17, 15) is 0 Å². The van der Waals surface area contributed by atoms with Gasteiger partial charge in [0.05, 0.1) is 18.1 Å². The molecule has 0 N–H and O–H groups in total. The molecule has 2 heterocycles. The molecule has 6 heteroatoms. The Hall–Kier alpha value is -1.14. The van der Waals surface area contributed by atoms with Gasteiger partial charge in [-0.15, -0.1) is 11.3 Å². The number of ether oxygens (including phenoxy) is 2. The molecule has 0 atom stereocenters. The van der Waals surface area contributed by atoms with Crippen LogP contribution in [0.25, 0.3) is 0 Å². The van der Waals surface area contributed by atoms with Crippen LogP contribution in [0.5, 0.6) is 5.75 Å². The van der Waals surface area contributed by atoms with Crippen molar-refractivity contribution in [3.8, 4) is 5.75 Å². The molecule has 0 unspecified atom stereocenters. The van der Waals surface area contributed by atoms with Crippen molar-refractivity contribution >= 4 is 22.9 Å². The van der Waals surface area contributed by atoms with E-state index in [0.29, 0.717) is 11.1 Å². The van der Waals surface area contributed by atoms with Crippen molar-refractivity contribution in [3.63, 3.8) is 0 Å². The molecule has 1 aromatic heterocycles. The summed E-state index contributed by atoms with van der Waals surface area (Å²) in [5, 5.41) is 0. The minimum absolute atomic E-state index is 0.504. The third kappa shape index (κ3) is 4.17. The summed E-state index contributed by atoms with van der Waals surface area (Å²) in [7, 11) is 0. The molecular weight excluding hydrogens is 308 g/mol. The first-order chi connectivity index (χ1) is 10.3. The van der Waals surface area contributed by atoms with Crippen LogP contribution in [0.1, 0.15) is 10.4 Å². The predicted octanol–water partition coefficient (Wildman–Crippen LogP) is 3.21. The van der Waals surface area contributed by atoms with Gasteiger partial charge in [0.15, 0.2) is 4.47 Å². The number of benzene rings is 1. The lowest BCUT2D eigenvalue weighted by molar-refractivity contribution is 0.0338. The van der Waals surface area contributed by atoms with Gasteiger partial charge >= 0.3 is 0 Å². The lowest BCUT2D eigenvalue weighted by Crippen LogP contribution is -2.35. The second-order valence-corrected chi connectivity index (χ2v) is 6.56. The predicted molar refractivity (Wildman–Crippen MR) is 84.0 cm³/mol. The summed E-state index contributed by atoms with van der Waals surface area (Å²) >= 11 is 7.29. The van der Waals surface area contributed by atoms with Crippen molar-refractivity contribution in [1.29, 1.82) is 0 Å².